The first-order valence-electron chi connectivity index (χ1n) is 10.2. The van der Waals surface area contributed by atoms with Crippen LogP contribution >= 0.6 is 0 Å². The summed E-state index contributed by atoms with van der Waals surface area (Å²) in [4.78, 5) is 11.6. The zero-order valence-electron chi connectivity index (χ0n) is 16.6. The number of guanidine groups is 1. The van der Waals surface area contributed by atoms with Gasteiger partial charge in [-0.1, -0.05) is 31.0 Å². The third-order valence-corrected chi connectivity index (χ3v) is 4.91. The molecule has 0 radical (unpaired) electrons. The maximum Gasteiger partial charge on any atom is 0.191 e. The number of anilines is 1. The van der Waals surface area contributed by atoms with Crippen molar-refractivity contribution in [2.75, 3.05) is 24.5 Å². The molecule has 28 heavy (non-hydrogen) atoms. The normalized spacial score (nSPS) is 15.2. The summed E-state index contributed by atoms with van der Waals surface area (Å²) in [5, 5.41) is 6.43. The van der Waals surface area contributed by atoms with Gasteiger partial charge in [-0.05, 0) is 43.5 Å². The molecular formula is C22H30FN5. The van der Waals surface area contributed by atoms with Gasteiger partial charge in [0.05, 0.1) is 6.54 Å². The van der Waals surface area contributed by atoms with Crippen molar-refractivity contribution in [3.8, 4) is 0 Å². The van der Waals surface area contributed by atoms with Crippen molar-refractivity contribution in [2.24, 2.45) is 4.99 Å². The van der Waals surface area contributed by atoms with E-state index in [-0.39, 0.29) is 5.82 Å². The van der Waals surface area contributed by atoms with Gasteiger partial charge >= 0.3 is 0 Å². The van der Waals surface area contributed by atoms with E-state index in [1.807, 2.05) is 25.3 Å². The van der Waals surface area contributed by atoms with E-state index in [1.54, 1.807) is 12.1 Å². The Morgan fingerprint density at radius 3 is 2.64 bits per heavy atom. The molecule has 1 aliphatic rings. The molecule has 0 unspecified atom stereocenters. The summed E-state index contributed by atoms with van der Waals surface area (Å²) in [7, 11) is 0. The lowest BCUT2D eigenvalue weighted by molar-refractivity contribution is 0.604. The predicted molar refractivity (Wildman–Crippen MR) is 113 cm³/mol. The van der Waals surface area contributed by atoms with Crippen LogP contribution in [0.15, 0.2) is 47.6 Å². The van der Waals surface area contributed by atoms with E-state index in [9.17, 15) is 4.39 Å². The van der Waals surface area contributed by atoms with Crippen LogP contribution in [0.4, 0.5) is 10.2 Å². The van der Waals surface area contributed by atoms with Crippen molar-refractivity contribution in [3.63, 3.8) is 0 Å². The van der Waals surface area contributed by atoms with Crippen LogP contribution in [0.3, 0.4) is 0 Å². The van der Waals surface area contributed by atoms with Gasteiger partial charge in [0.2, 0.25) is 0 Å². The van der Waals surface area contributed by atoms with Crippen molar-refractivity contribution >= 4 is 11.8 Å². The summed E-state index contributed by atoms with van der Waals surface area (Å²) in [6, 6.07) is 10.9. The van der Waals surface area contributed by atoms with Crippen LogP contribution in [0, 0.1) is 5.82 Å². The van der Waals surface area contributed by atoms with E-state index in [0.717, 1.165) is 31.0 Å². The van der Waals surface area contributed by atoms with Crippen molar-refractivity contribution in [1.29, 1.82) is 0 Å². The standard InChI is InChI=1S/C22H30FN5/c1-2-24-22(27-17-19-9-5-6-10-20(19)23)26-16-18-11-12-25-21(15-18)28-13-7-3-4-8-14-28/h5-6,9-12,15H,2-4,7-8,13-14,16-17H2,1H3,(H2,24,26,27). The summed E-state index contributed by atoms with van der Waals surface area (Å²) in [5.74, 6) is 1.51. The minimum atomic E-state index is -0.206. The van der Waals surface area contributed by atoms with Crippen molar-refractivity contribution in [1.82, 2.24) is 15.6 Å². The summed E-state index contributed by atoms with van der Waals surface area (Å²) in [6.07, 6.45) is 6.94. The maximum atomic E-state index is 13.8. The van der Waals surface area contributed by atoms with Gasteiger partial charge in [-0.15, -0.1) is 0 Å². The molecule has 2 aromatic rings. The molecule has 2 heterocycles. The second-order valence-electron chi connectivity index (χ2n) is 7.06. The first-order valence-corrected chi connectivity index (χ1v) is 10.2. The highest BCUT2D eigenvalue weighted by molar-refractivity contribution is 5.79. The number of hydrogen-bond donors (Lipinski definition) is 2. The molecular weight excluding hydrogens is 353 g/mol. The predicted octanol–water partition coefficient (Wildman–Crippen LogP) is 3.86. The second-order valence-corrected chi connectivity index (χ2v) is 7.06. The molecule has 3 rings (SSSR count). The van der Waals surface area contributed by atoms with E-state index < -0.39 is 0 Å². The largest absolute Gasteiger partial charge is 0.357 e. The quantitative estimate of drug-likeness (QED) is 0.588. The van der Waals surface area contributed by atoms with Gasteiger partial charge in [-0.3, -0.25) is 0 Å². The molecule has 0 spiro atoms. The van der Waals surface area contributed by atoms with Crippen molar-refractivity contribution in [3.05, 3.63) is 59.5 Å². The molecule has 1 aromatic carbocycles. The molecule has 1 saturated heterocycles. The average molecular weight is 384 g/mol. The molecule has 150 valence electrons. The lowest BCUT2D eigenvalue weighted by atomic mass is 10.2. The molecule has 5 nitrogen and oxygen atoms in total. The fourth-order valence-corrected chi connectivity index (χ4v) is 3.36. The fourth-order valence-electron chi connectivity index (χ4n) is 3.36. The lowest BCUT2D eigenvalue weighted by Gasteiger charge is -2.21. The number of rotatable bonds is 6. The summed E-state index contributed by atoms with van der Waals surface area (Å²) in [6.45, 7) is 5.87. The van der Waals surface area contributed by atoms with E-state index >= 15 is 0 Å². The molecule has 1 aliphatic heterocycles. The zero-order valence-corrected chi connectivity index (χ0v) is 16.6. The Bertz CT molecular complexity index is 769. The molecule has 1 fully saturated rings. The van der Waals surface area contributed by atoms with Crippen LogP contribution in [0.25, 0.3) is 0 Å². The first kappa shape index (κ1) is 20.1. The number of benzene rings is 1. The van der Waals surface area contributed by atoms with Gasteiger partial charge in [0.15, 0.2) is 5.96 Å². The minimum absolute atomic E-state index is 0.206. The summed E-state index contributed by atoms with van der Waals surface area (Å²) >= 11 is 0. The Morgan fingerprint density at radius 2 is 1.89 bits per heavy atom. The highest BCUT2D eigenvalue weighted by atomic mass is 19.1. The van der Waals surface area contributed by atoms with E-state index in [1.165, 1.54) is 31.7 Å². The van der Waals surface area contributed by atoms with E-state index in [2.05, 4.69) is 31.6 Å². The summed E-state index contributed by atoms with van der Waals surface area (Å²) in [5.41, 5.74) is 1.75. The number of nitrogens with one attached hydrogen (secondary N) is 2. The van der Waals surface area contributed by atoms with Gasteiger partial charge in [0.1, 0.15) is 11.6 Å². The SMILES string of the molecule is CCNC(=NCc1ccnc(N2CCCCCC2)c1)NCc1ccccc1F. The highest BCUT2D eigenvalue weighted by Crippen LogP contribution is 2.18. The molecule has 0 amide bonds. The van der Waals surface area contributed by atoms with Gasteiger partial charge in [-0.25, -0.2) is 14.4 Å². The van der Waals surface area contributed by atoms with Crippen LogP contribution in [0.2, 0.25) is 0 Å². The Hall–Kier alpha value is -2.63. The fraction of sp³-hybridized carbons (Fsp3) is 0.455. The minimum Gasteiger partial charge on any atom is -0.357 e. The van der Waals surface area contributed by atoms with Crippen LogP contribution in [0.1, 0.15) is 43.7 Å². The van der Waals surface area contributed by atoms with E-state index in [4.69, 9.17) is 0 Å². The third kappa shape index (κ3) is 5.94. The number of hydrogen-bond acceptors (Lipinski definition) is 3. The van der Waals surface area contributed by atoms with E-state index in [0.29, 0.717) is 24.6 Å². The molecule has 2 N–H and O–H groups in total. The van der Waals surface area contributed by atoms with Gasteiger partial charge in [0, 0.05) is 37.9 Å². The van der Waals surface area contributed by atoms with Crippen LogP contribution in [-0.2, 0) is 13.1 Å². The Labute approximate surface area is 167 Å². The number of halogens is 1. The topological polar surface area (TPSA) is 52.6 Å². The highest BCUT2D eigenvalue weighted by Gasteiger charge is 2.11. The monoisotopic (exact) mass is 383 g/mol. The Balaban J connectivity index is 1.63. The molecule has 0 aliphatic carbocycles. The third-order valence-electron chi connectivity index (χ3n) is 4.91. The number of pyridine rings is 1. The maximum absolute atomic E-state index is 13.8. The van der Waals surface area contributed by atoms with Crippen molar-refractivity contribution in [2.45, 2.75) is 45.7 Å². The lowest BCUT2D eigenvalue weighted by Crippen LogP contribution is -2.37. The number of aliphatic imine (C=N–C) groups is 1. The number of aromatic nitrogens is 1. The number of nitrogens with zero attached hydrogens (tertiary/aromatic N) is 3. The zero-order chi connectivity index (χ0) is 19.6. The molecule has 6 heteroatoms. The summed E-state index contributed by atoms with van der Waals surface area (Å²) < 4.78 is 13.8. The van der Waals surface area contributed by atoms with Crippen LogP contribution in [0.5, 0.6) is 0 Å². The molecule has 1 aromatic heterocycles. The van der Waals surface area contributed by atoms with Gasteiger partial charge in [0.25, 0.3) is 0 Å². The molecule has 0 bridgehead atoms. The first-order chi connectivity index (χ1) is 13.8. The molecule has 0 atom stereocenters. The van der Waals surface area contributed by atoms with Crippen LogP contribution < -0.4 is 15.5 Å². The second kappa shape index (κ2) is 10.6. The Morgan fingerprint density at radius 1 is 1.11 bits per heavy atom. The van der Waals surface area contributed by atoms with Gasteiger partial charge in [-0.2, -0.15) is 0 Å². The average Bonchev–Trinajstić information content (AvgIpc) is 3.01. The van der Waals surface area contributed by atoms with Crippen molar-refractivity contribution < 1.29 is 4.39 Å². The van der Waals surface area contributed by atoms with Gasteiger partial charge < -0.3 is 15.5 Å². The molecule has 0 saturated carbocycles. The Kier molecular flexibility index (Phi) is 7.64. The smallest absolute Gasteiger partial charge is 0.191 e. The van der Waals surface area contributed by atoms with Crippen LogP contribution in [-0.4, -0.2) is 30.6 Å².